The molecule has 73 heavy (non-hydrogen) atoms. The number of hydrogen-bond acceptors (Lipinski definition) is 8. The Morgan fingerprint density at radius 3 is 1.32 bits per heavy atom. The van der Waals surface area contributed by atoms with Crippen molar-refractivity contribution in [3.63, 3.8) is 0 Å². The number of carbonyl (C=O) groups is 1. The lowest BCUT2D eigenvalue weighted by atomic mass is 9.99. The third-order valence-electron chi connectivity index (χ3n) is 12.7. The van der Waals surface area contributed by atoms with Crippen molar-refractivity contribution in [3.8, 4) is 0 Å². The van der Waals surface area contributed by atoms with Crippen molar-refractivity contribution >= 4 is 5.91 Å². The van der Waals surface area contributed by atoms with Gasteiger partial charge in [0.25, 0.3) is 0 Å². The van der Waals surface area contributed by atoms with Crippen LogP contribution in [0.4, 0.5) is 0 Å². The van der Waals surface area contributed by atoms with Crippen molar-refractivity contribution in [2.75, 3.05) is 13.2 Å². The van der Waals surface area contributed by atoms with E-state index in [4.69, 9.17) is 9.47 Å². The van der Waals surface area contributed by atoms with Crippen molar-refractivity contribution in [1.82, 2.24) is 5.32 Å². The predicted octanol–water partition coefficient (Wildman–Crippen LogP) is 14.5. The summed E-state index contributed by atoms with van der Waals surface area (Å²) in [5.41, 5.74) is 0. The van der Waals surface area contributed by atoms with Gasteiger partial charge in [-0.15, -0.1) is 0 Å². The number of amides is 1. The maximum atomic E-state index is 13.0. The zero-order valence-corrected chi connectivity index (χ0v) is 45.8. The lowest BCUT2D eigenvalue weighted by Gasteiger charge is -2.40. The van der Waals surface area contributed by atoms with E-state index in [1.165, 1.54) is 83.5 Å². The van der Waals surface area contributed by atoms with Gasteiger partial charge in [0, 0.05) is 6.42 Å². The van der Waals surface area contributed by atoms with Gasteiger partial charge in [0.2, 0.25) is 5.91 Å². The van der Waals surface area contributed by atoms with Crippen LogP contribution in [-0.2, 0) is 14.3 Å². The molecule has 0 spiro atoms. The maximum Gasteiger partial charge on any atom is 0.220 e. The van der Waals surface area contributed by atoms with Gasteiger partial charge in [-0.1, -0.05) is 225 Å². The van der Waals surface area contributed by atoms with Crippen LogP contribution >= 0.6 is 0 Å². The number of ether oxygens (including phenoxy) is 2. The highest BCUT2D eigenvalue weighted by atomic mass is 16.7. The Morgan fingerprint density at radius 1 is 0.479 bits per heavy atom. The molecule has 7 unspecified atom stereocenters. The highest BCUT2D eigenvalue weighted by Crippen LogP contribution is 2.22. The second-order valence-corrected chi connectivity index (χ2v) is 19.3. The number of carbonyl (C=O) groups excluding carboxylic acids is 1. The summed E-state index contributed by atoms with van der Waals surface area (Å²) in [6.07, 6.45) is 72.3. The normalized spacial score (nSPS) is 20.1. The third kappa shape index (κ3) is 41.3. The van der Waals surface area contributed by atoms with Gasteiger partial charge in [0.05, 0.1) is 25.4 Å². The molecule has 9 nitrogen and oxygen atoms in total. The fourth-order valence-electron chi connectivity index (χ4n) is 8.14. The minimum atomic E-state index is -1.59. The molecule has 0 aromatic carbocycles. The summed E-state index contributed by atoms with van der Waals surface area (Å²) in [6.45, 7) is 3.61. The van der Waals surface area contributed by atoms with Crippen molar-refractivity contribution in [2.24, 2.45) is 0 Å². The van der Waals surface area contributed by atoms with Crippen molar-refractivity contribution in [3.05, 3.63) is 134 Å². The number of aliphatic hydroxyl groups is 5. The molecule has 1 aliphatic rings. The second kappa shape index (κ2) is 51.8. The van der Waals surface area contributed by atoms with E-state index in [1.54, 1.807) is 6.08 Å². The van der Waals surface area contributed by atoms with Crippen LogP contribution < -0.4 is 5.32 Å². The summed E-state index contributed by atoms with van der Waals surface area (Å²) in [5, 5.41) is 54.5. The molecule has 0 radical (unpaired) electrons. The van der Waals surface area contributed by atoms with Gasteiger partial charge >= 0.3 is 0 Å². The lowest BCUT2D eigenvalue weighted by molar-refractivity contribution is -0.302. The van der Waals surface area contributed by atoms with E-state index in [-0.39, 0.29) is 18.9 Å². The van der Waals surface area contributed by atoms with Crippen LogP contribution in [0.1, 0.15) is 206 Å². The van der Waals surface area contributed by atoms with Gasteiger partial charge in [0.15, 0.2) is 6.29 Å². The first-order valence-corrected chi connectivity index (χ1v) is 28.9. The molecule has 7 atom stereocenters. The summed E-state index contributed by atoms with van der Waals surface area (Å²) in [4.78, 5) is 13.0. The van der Waals surface area contributed by atoms with Gasteiger partial charge in [-0.05, 0) is 109 Å². The van der Waals surface area contributed by atoms with Crippen molar-refractivity contribution < 1.29 is 39.8 Å². The molecule has 414 valence electrons. The molecule has 0 bridgehead atoms. The average molecular weight is 1020 g/mol. The first kappa shape index (κ1) is 67.3. The quantitative estimate of drug-likeness (QED) is 0.0261. The summed E-state index contributed by atoms with van der Waals surface area (Å²) >= 11 is 0. The van der Waals surface area contributed by atoms with Crippen LogP contribution in [-0.4, -0.2) is 87.5 Å². The molecule has 1 rings (SSSR count). The van der Waals surface area contributed by atoms with Gasteiger partial charge in [-0.25, -0.2) is 0 Å². The lowest BCUT2D eigenvalue weighted by Crippen LogP contribution is -2.60. The molecule has 0 saturated carbocycles. The predicted molar refractivity (Wildman–Crippen MR) is 308 cm³/mol. The van der Waals surface area contributed by atoms with E-state index < -0.39 is 49.5 Å². The van der Waals surface area contributed by atoms with E-state index in [9.17, 15) is 30.3 Å². The minimum absolute atomic E-state index is 0.233. The molecule has 1 heterocycles. The van der Waals surface area contributed by atoms with Gasteiger partial charge < -0.3 is 40.3 Å². The van der Waals surface area contributed by atoms with E-state index in [0.29, 0.717) is 12.8 Å². The van der Waals surface area contributed by atoms with Gasteiger partial charge in [-0.2, -0.15) is 0 Å². The fourth-order valence-corrected chi connectivity index (χ4v) is 8.14. The first-order valence-electron chi connectivity index (χ1n) is 28.9. The van der Waals surface area contributed by atoms with Gasteiger partial charge in [0.1, 0.15) is 24.4 Å². The molecule has 6 N–H and O–H groups in total. The van der Waals surface area contributed by atoms with E-state index in [2.05, 4.69) is 141 Å². The average Bonchev–Trinajstić information content (AvgIpc) is 3.39. The topological polar surface area (TPSA) is 149 Å². The SMILES string of the molecule is CC/C=C\C/C=C\C/C=C\C/C=C\C/C=C\C/C=C\C/C=C\C/C=C\CCCCC(=O)NC(COC1OC(CO)C(O)C(O)C1O)C(O)/C=C/CC/C=C/CC/C=C/CCCCCCCCCCCCCCC. The van der Waals surface area contributed by atoms with Crippen molar-refractivity contribution in [1.29, 1.82) is 0 Å². The van der Waals surface area contributed by atoms with Crippen LogP contribution in [0.2, 0.25) is 0 Å². The zero-order chi connectivity index (χ0) is 52.9. The highest BCUT2D eigenvalue weighted by Gasteiger charge is 2.44. The first-order chi connectivity index (χ1) is 35.8. The molecule has 0 aliphatic carbocycles. The van der Waals surface area contributed by atoms with E-state index in [1.807, 2.05) is 6.08 Å². The molecular formula is C64H105NO8. The van der Waals surface area contributed by atoms with Crippen LogP contribution in [0.25, 0.3) is 0 Å². The maximum absolute atomic E-state index is 13.0. The number of unbranched alkanes of at least 4 members (excludes halogenated alkanes) is 17. The Morgan fingerprint density at radius 2 is 0.863 bits per heavy atom. The van der Waals surface area contributed by atoms with Crippen molar-refractivity contribution in [2.45, 2.75) is 249 Å². The Kier molecular flexibility index (Phi) is 47.8. The Labute approximate surface area is 445 Å². The van der Waals surface area contributed by atoms with E-state index in [0.717, 1.165) is 89.9 Å². The third-order valence-corrected chi connectivity index (χ3v) is 12.7. The summed E-state index contributed by atoms with van der Waals surface area (Å²) in [6, 6.07) is -0.863. The van der Waals surface area contributed by atoms with Crippen LogP contribution in [0.3, 0.4) is 0 Å². The molecular weight excluding hydrogens is 911 g/mol. The molecule has 1 amide bonds. The molecule has 9 heteroatoms. The number of allylic oxidation sites excluding steroid dienone is 21. The monoisotopic (exact) mass is 1020 g/mol. The largest absolute Gasteiger partial charge is 0.394 e. The van der Waals surface area contributed by atoms with Gasteiger partial charge in [-0.3, -0.25) is 4.79 Å². The van der Waals surface area contributed by atoms with Crippen LogP contribution in [0.5, 0.6) is 0 Å². The zero-order valence-electron chi connectivity index (χ0n) is 45.8. The van der Waals surface area contributed by atoms with E-state index >= 15 is 0 Å². The number of rotatable bonds is 47. The molecule has 1 fully saturated rings. The molecule has 0 aromatic rings. The smallest absolute Gasteiger partial charge is 0.220 e. The second-order valence-electron chi connectivity index (χ2n) is 19.3. The molecule has 1 saturated heterocycles. The highest BCUT2D eigenvalue weighted by molar-refractivity contribution is 5.76. The summed E-state index contributed by atoms with van der Waals surface area (Å²) in [7, 11) is 0. The Balaban J connectivity index is 2.34. The van der Waals surface area contributed by atoms with Crippen LogP contribution in [0, 0.1) is 0 Å². The Hall–Kier alpha value is -3.67. The summed E-state index contributed by atoms with van der Waals surface area (Å²) < 4.78 is 11.2. The minimum Gasteiger partial charge on any atom is -0.394 e. The number of aliphatic hydroxyl groups excluding tert-OH is 5. The number of hydrogen-bond donors (Lipinski definition) is 6. The van der Waals surface area contributed by atoms with Crippen LogP contribution in [0.15, 0.2) is 134 Å². The standard InChI is InChI=1S/C64H105NO8/c1-3-5-7-9-11-13-15-17-19-21-23-25-27-28-29-30-32-34-36-38-40-42-44-46-48-50-52-54-60(68)65-57(56-72-64-63(71)62(70)61(69)59(55-66)73-64)58(67)53-51-49-47-45-43-41-39-37-35-33-31-26-24-22-20-18-16-14-12-10-8-6-4-2/h5,7,11,13,17,19,23,25,28-29,32,34-35,37-38,40,43-46,51,53,57-59,61-64,66-67,69-71H,3-4,6,8-10,12,14-16,18,20-22,24,26-27,30-31,33,36,39,41-42,47-50,52,54-56H2,1-2H3,(H,65,68)/b7-5-,13-11-,19-17-,25-23-,29-28-,34-32-,37-35+,40-38-,45-43+,46-44-,53-51+. The fraction of sp³-hybridized carbons (Fsp3) is 0.641. The number of nitrogens with one attached hydrogen (secondary N) is 1. The summed E-state index contributed by atoms with van der Waals surface area (Å²) in [5.74, 6) is -0.238. The Bertz CT molecular complexity index is 1600. The molecule has 0 aromatic heterocycles. The molecule has 1 aliphatic heterocycles.